The summed E-state index contributed by atoms with van der Waals surface area (Å²) in [5, 5.41) is 2.87. The molecule has 1 heterocycles. The molecule has 0 aliphatic carbocycles. The molecule has 1 saturated heterocycles. The van der Waals surface area contributed by atoms with Crippen LogP contribution in [-0.2, 0) is 20.7 Å². The summed E-state index contributed by atoms with van der Waals surface area (Å²) in [4.78, 5) is 26.2. The largest absolute Gasteiger partial charge is 0.373 e. The molecule has 0 saturated carbocycles. The SMILES string of the molecule is CC(=O)[C@H](Cc1ccccc1)NC(=O)CN1C[C@@H](C)O[C@H](C)C1. The Morgan fingerprint density at radius 2 is 1.83 bits per heavy atom. The number of carbonyl (C=O) groups excluding carboxylic acids is 2. The van der Waals surface area contributed by atoms with Gasteiger partial charge in [-0.05, 0) is 32.8 Å². The second-order valence-corrected chi connectivity index (χ2v) is 6.37. The Morgan fingerprint density at radius 3 is 2.39 bits per heavy atom. The Balaban J connectivity index is 1.89. The van der Waals surface area contributed by atoms with Crippen LogP contribution in [0, 0.1) is 0 Å². The van der Waals surface area contributed by atoms with Crippen LogP contribution in [0.4, 0.5) is 0 Å². The Labute approximate surface area is 138 Å². The van der Waals surface area contributed by atoms with Crippen LogP contribution in [0.1, 0.15) is 26.3 Å². The summed E-state index contributed by atoms with van der Waals surface area (Å²) >= 11 is 0. The number of hydrogen-bond acceptors (Lipinski definition) is 4. The fourth-order valence-electron chi connectivity index (χ4n) is 3.00. The lowest BCUT2D eigenvalue weighted by molar-refractivity contribution is -0.130. The van der Waals surface area contributed by atoms with E-state index in [2.05, 4.69) is 10.2 Å². The number of ether oxygens (including phenoxy) is 1. The first-order valence-electron chi connectivity index (χ1n) is 8.15. The number of Topliss-reactive ketones (excluding diaryl/α,β-unsaturated/α-hetero) is 1. The topological polar surface area (TPSA) is 58.6 Å². The zero-order chi connectivity index (χ0) is 16.8. The second kappa shape index (κ2) is 8.22. The van der Waals surface area contributed by atoms with E-state index in [0.29, 0.717) is 13.0 Å². The third-order valence-electron chi connectivity index (χ3n) is 3.97. The highest BCUT2D eigenvalue weighted by atomic mass is 16.5. The van der Waals surface area contributed by atoms with E-state index in [1.54, 1.807) is 0 Å². The zero-order valence-corrected chi connectivity index (χ0v) is 14.1. The molecule has 1 aliphatic rings. The van der Waals surface area contributed by atoms with Crippen molar-refractivity contribution >= 4 is 11.7 Å². The van der Waals surface area contributed by atoms with Crippen LogP contribution >= 0.6 is 0 Å². The van der Waals surface area contributed by atoms with Gasteiger partial charge in [-0.15, -0.1) is 0 Å². The van der Waals surface area contributed by atoms with Gasteiger partial charge in [0.15, 0.2) is 5.78 Å². The summed E-state index contributed by atoms with van der Waals surface area (Å²) in [5.41, 5.74) is 1.04. The molecular weight excluding hydrogens is 292 g/mol. The van der Waals surface area contributed by atoms with E-state index in [4.69, 9.17) is 4.74 Å². The molecular formula is C18H26N2O3. The van der Waals surface area contributed by atoms with E-state index >= 15 is 0 Å². The Kier molecular flexibility index (Phi) is 6.30. The molecule has 1 aromatic rings. The van der Waals surface area contributed by atoms with Gasteiger partial charge in [0, 0.05) is 13.1 Å². The first kappa shape index (κ1) is 17.6. The van der Waals surface area contributed by atoms with Crippen molar-refractivity contribution in [2.45, 2.75) is 45.4 Å². The predicted molar refractivity (Wildman–Crippen MR) is 89.2 cm³/mol. The minimum absolute atomic E-state index is 0.0223. The summed E-state index contributed by atoms with van der Waals surface area (Å²) in [6.07, 6.45) is 0.775. The van der Waals surface area contributed by atoms with Crippen LogP contribution < -0.4 is 5.32 Å². The molecule has 1 aromatic carbocycles. The molecule has 5 nitrogen and oxygen atoms in total. The number of amides is 1. The van der Waals surface area contributed by atoms with Crippen molar-refractivity contribution in [3.05, 3.63) is 35.9 Å². The Morgan fingerprint density at radius 1 is 1.22 bits per heavy atom. The minimum atomic E-state index is -0.471. The van der Waals surface area contributed by atoms with Crippen LogP contribution in [0.25, 0.3) is 0 Å². The van der Waals surface area contributed by atoms with Gasteiger partial charge in [-0.25, -0.2) is 0 Å². The van der Waals surface area contributed by atoms with Crippen molar-refractivity contribution in [2.24, 2.45) is 0 Å². The molecule has 2 rings (SSSR count). The first-order chi connectivity index (χ1) is 10.9. The maximum atomic E-state index is 12.3. The van der Waals surface area contributed by atoms with E-state index in [0.717, 1.165) is 18.7 Å². The quantitative estimate of drug-likeness (QED) is 0.862. The molecule has 23 heavy (non-hydrogen) atoms. The summed E-state index contributed by atoms with van der Waals surface area (Å²) in [5.74, 6) is -0.131. The predicted octanol–water partition coefficient (Wildman–Crippen LogP) is 1.41. The van der Waals surface area contributed by atoms with Crippen molar-refractivity contribution in [3.63, 3.8) is 0 Å². The first-order valence-corrected chi connectivity index (χ1v) is 8.15. The number of ketones is 1. The molecule has 1 fully saturated rings. The summed E-state index contributed by atoms with van der Waals surface area (Å²) < 4.78 is 5.67. The van der Waals surface area contributed by atoms with Crippen LogP contribution in [0.3, 0.4) is 0 Å². The Bertz CT molecular complexity index is 522. The van der Waals surface area contributed by atoms with Gasteiger partial charge in [0.2, 0.25) is 5.91 Å². The number of benzene rings is 1. The lowest BCUT2D eigenvalue weighted by Gasteiger charge is -2.35. The maximum absolute atomic E-state index is 12.3. The molecule has 0 radical (unpaired) electrons. The number of nitrogens with one attached hydrogen (secondary N) is 1. The van der Waals surface area contributed by atoms with Crippen LogP contribution in [0.2, 0.25) is 0 Å². The van der Waals surface area contributed by atoms with Gasteiger partial charge in [0.1, 0.15) is 0 Å². The van der Waals surface area contributed by atoms with E-state index in [1.807, 2.05) is 44.2 Å². The third-order valence-corrected chi connectivity index (χ3v) is 3.97. The number of nitrogens with zero attached hydrogens (tertiary/aromatic N) is 1. The van der Waals surface area contributed by atoms with Crippen molar-refractivity contribution in [2.75, 3.05) is 19.6 Å². The molecule has 0 aromatic heterocycles. The van der Waals surface area contributed by atoms with Gasteiger partial charge < -0.3 is 10.1 Å². The highest BCUT2D eigenvalue weighted by molar-refractivity contribution is 5.88. The normalized spacial score (nSPS) is 23.3. The minimum Gasteiger partial charge on any atom is -0.373 e. The van der Waals surface area contributed by atoms with E-state index in [1.165, 1.54) is 6.92 Å². The summed E-state index contributed by atoms with van der Waals surface area (Å²) in [7, 11) is 0. The van der Waals surface area contributed by atoms with Crippen molar-refractivity contribution in [3.8, 4) is 0 Å². The Hall–Kier alpha value is -1.72. The van der Waals surface area contributed by atoms with Gasteiger partial charge in [-0.3, -0.25) is 14.5 Å². The number of carbonyl (C=O) groups is 2. The van der Waals surface area contributed by atoms with E-state index < -0.39 is 6.04 Å². The average molecular weight is 318 g/mol. The highest BCUT2D eigenvalue weighted by Crippen LogP contribution is 2.10. The molecule has 1 amide bonds. The monoisotopic (exact) mass is 318 g/mol. The average Bonchev–Trinajstić information content (AvgIpc) is 2.46. The lowest BCUT2D eigenvalue weighted by Crippen LogP contribution is -2.51. The van der Waals surface area contributed by atoms with Crippen LogP contribution in [0.5, 0.6) is 0 Å². The third kappa shape index (κ3) is 5.77. The van der Waals surface area contributed by atoms with Crippen molar-refractivity contribution in [1.82, 2.24) is 10.2 Å². The fraction of sp³-hybridized carbons (Fsp3) is 0.556. The lowest BCUT2D eigenvalue weighted by atomic mass is 10.0. The maximum Gasteiger partial charge on any atom is 0.234 e. The molecule has 1 aliphatic heterocycles. The van der Waals surface area contributed by atoms with Gasteiger partial charge in [0.05, 0.1) is 24.8 Å². The van der Waals surface area contributed by atoms with Crippen molar-refractivity contribution < 1.29 is 14.3 Å². The van der Waals surface area contributed by atoms with Crippen molar-refractivity contribution in [1.29, 1.82) is 0 Å². The van der Waals surface area contributed by atoms with E-state index in [9.17, 15) is 9.59 Å². The molecule has 0 bridgehead atoms. The summed E-state index contributed by atoms with van der Waals surface area (Å²) in [6, 6.07) is 9.27. The highest BCUT2D eigenvalue weighted by Gasteiger charge is 2.25. The van der Waals surface area contributed by atoms with Gasteiger partial charge in [-0.1, -0.05) is 30.3 Å². The van der Waals surface area contributed by atoms with Gasteiger partial charge >= 0.3 is 0 Å². The van der Waals surface area contributed by atoms with Gasteiger partial charge in [0.25, 0.3) is 0 Å². The molecule has 0 unspecified atom stereocenters. The molecule has 0 spiro atoms. The fourth-order valence-corrected chi connectivity index (χ4v) is 3.00. The van der Waals surface area contributed by atoms with E-state index in [-0.39, 0.29) is 23.9 Å². The second-order valence-electron chi connectivity index (χ2n) is 6.37. The molecule has 1 N–H and O–H groups in total. The standard InChI is InChI=1S/C18H26N2O3/c1-13-10-20(11-14(2)23-13)12-18(22)19-17(15(3)21)9-16-7-5-4-6-8-16/h4-8,13-14,17H,9-12H2,1-3H3,(H,19,22)/t13-,14-,17+/m1/s1. The zero-order valence-electron chi connectivity index (χ0n) is 14.1. The van der Waals surface area contributed by atoms with Crippen LogP contribution in [-0.4, -0.2) is 54.5 Å². The smallest absolute Gasteiger partial charge is 0.234 e. The van der Waals surface area contributed by atoms with Gasteiger partial charge in [-0.2, -0.15) is 0 Å². The molecule has 5 heteroatoms. The molecule has 3 atom stereocenters. The van der Waals surface area contributed by atoms with Crippen LogP contribution in [0.15, 0.2) is 30.3 Å². The number of morpholine rings is 1. The summed E-state index contributed by atoms with van der Waals surface area (Å²) in [6.45, 7) is 7.31. The number of rotatable bonds is 6. The number of hydrogen-bond donors (Lipinski definition) is 1. The molecule has 126 valence electrons.